The average Bonchev–Trinajstić information content (AvgIpc) is 3.70. The first-order chi connectivity index (χ1) is 34.1. The van der Waals surface area contributed by atoms with E-state index in [4.69, 9.17) is 56.8 Å². The molecular formula is C56H80O15. The molecule has 6 heterocycles. The Morgan fingerprint density at radius 1 is 0.859 bits per heavy atom. The van der Waals surface area contributed by atoms with Gasteiger partial charge in [0.05, 0.1) is 55.9 Å². The molecule has 71 heavy (non-hydrogen) atoms. The molecule has 20 atom stereocenters. The average molecular weight is 993 g/mol. The molecule has 1 aliphatic carbocycles. The maximum Gasteiger partial charge on any atom is 0.316 e. The van der Waals surface area contributed by atoms with Crippen molar-refractivity contribution >= 4 is 5.97 Å². The number of rotatable bonds is 13. The molecular weight excluding hydrogens is 913 g/mol. The summed E-state index contributed by atoms with van der Waals surface area (Å²) in [5.41, 5.74) is 1.20. The Morgan fingerprint density at radius 2 is 1.56 bits per heavy atom. The number of benzene rings is 1. The first-order valence-electron chi connectivity index (χ1n) is 26.0. The standard InChI is InChI=1S/C56H80O15/c1-11-32(2)50-35(5)22-23-55(71-50)28-42-25-41(70-55)21-20-34(4)49(33(3)16-15-19-40-30-63-53-48(57)36(6)24-43(54(58)67-42)56(40,53)59)68-46-27-45(61-10)52(38(8)66-46)69-47-26-44(60-9)51(37(7)65-47)64-31-62-29-39-17-13-12-14-18-39/h12-20,22-24,32-33,35,37-38,41-53,57,59H,11,21,25-31H2,1-10H3/b16-15+,34-20+,40-19+/t32?,33?,35-,37-,38-,41+,42-,43-,44-,45-,46?,47?,48+,49-,50+,51-,52-,53+,55+,56+/m0/s1. The quantitative estimate of drug-likeness (QED) is 0.0859. The van der Waals surface area contributed by atoms with Gasteiger partial charge in [-0.05, 0) is 68.4 Å². The Morgan fingerprint density at radius 3 is 2.28 bits per heavy atom. The molecule has 1 aromatic rings. The fraction of sp³-hybridized carbons (Fsp3) is 0.696. The SMILES string of the molecule is CCC(C)[C@H]1O[C@]2(C=C[C@@H]1C)C[C@@H]1C[C@@H](C/C=C(\C)[C@@H](OC3C[C@H](OC)[C@@H](OC4C[C@H](OC)[C@@H](OCOCc5ccccc5)[C@H](C)O4)[C@H](C)O3)C(C)/C=C/C=C3\CO[C@@H]4[C@H](O)C(C)=C[C@@H](C(=O)O1)[C@]34O)O2. The molecule has 4 unspecified atom stereocenters. The number of methoxy groups -OCH3 is 2. The van der Waals surface area contributed by atoms with Crippen LogP contribution in [0.15, 0.2) is 89.6 Å². The maximum absolute atomic E-state index is 14.4. The van der Waals surface area contributed by atoms with Crippen LogP contribution in [0.25, 0.3) is 0 Å². The predicted octanol–water partition coefficient (Wildman–Crippen LogP) is 7.58. The minimum Gasteiger partial charge on any atom is -0.462 e. The summed E-state index contributed by atoms with van der Waals surface area (Å²) >= 11 is 0. The Hall–Kier alpha value is -3.13. The Bertz CT molecular complexity index is 2090. The fourth-order valence-corrected chi connectivity index (χ4v) is 11.6. The minimum atomic E-state index is -1.84. The van der Waals surface area contributed by atoms with Gasteiger partial charge in [0.1, 0.15) is 48.8 Å². The van der Waals surface area contributed by atoms with E-state index >= 15 is 0 Å². The lowest BCUT2D eigenvalue weighted by atomic mass is 9.71. The maximum atomic E-state index is 14.4. The van der Waals surface area contributed by atoms with Crippen LogP contribution in [0.5, 0.6) is 0 Å². The van der Waals surface area contributed by atoms with Gasteiger partial charge in [-0.1, -0.05) is 101 Å². The summed E-state index contributed by atoms with van der Waals surface area (Å²) in [6.45, 7) is 16.8. The van der Waals surface area contributed by atoms with Gasteiger partial charge in [0.2, 0.25) is 0 Å². The van der Waals surface area contributed by atoms with Crippen molar-refractivity contribution in [2.45, 2.75) is 198 Å². The third-order valence-electron chi connectivity index (χ3n) is 15.9. The van der Waals surface area contributed by atoms with E-state index < -0.39 is 78.6 Å². The van der Waals surface area contributed by atoms with Crippen molar-refractivity contribution in [3.63, 3.8) is 0 Å². The van der Waals surface area contributed by atoms with E-state index in [1.165, 1.54) is 0 Å². The second kappa shape index (κ2) is 23.6. The summed E-state index contributed by atoms with van der Waals surface area (Å²) in [6, 6.07) is 9.95. The predicted molar refractivity (Wildman–Crippen MR) is 262 cm³/mol. The highest BCUT2D eigenvalue weighted by Gasteiger charge is 2.60. The second-order valence-corrected chi connectivity index (χ2v) is 21.0. The summed E-state index contributed by atoms with van der Waals surface area (Å²) in [4.78, 5) is 14.4. The van der Waals surface area contributed by atoms with Crippen LogP contribution in [0, 0.1) is 23.7 Å². The molecule has 394 valence electrons. The summed E-state index contributed by atoms with van der Waals surface area (Å²) in [5, 5.41) is 23.9. The summed E-state index contributed by atoms with van der Waals surface area (Å²) in [6.07, 6.45) is 9.28. The zero-order chi connectivity index (χ0) is 50.6. The minimum absolute atomic E-state index is 0.0296. The number of hydrogen-bond acceptors (Lipinski definition) is 15. The van der Waals surface area contributed by atoms with Crippen molar-refractivity contribution in [2.24, 2.45) is 23.7 Å². The van der Waals surface area contributed by atoms with Crippen LogP contribution in [-0.4, -0.2) is 141 Å². The molecule has 1 aromatic carbocycles. The summed E-state index contributed by atoms with van der Waals surface area (Å²) < 4.78 is 77.0. The van der Waals surface area contributed by atoms with Crippen molar-refractivity contribution in [2.75, 3.05) is 27.6 Å². The molecule has 8 rings (SSSR count). The second-order valence-electron chi connectivity index (χ2n) is 21.0. The number of aliphatic hydroxyl groups excluding tert-OH is 1. The van der Waals surface area contributed by atoms with Crippen molar-refractivity contribution in [1.29, 1.82) is 0 Å². The van der Waals surface area contributed by atoms with Crippen LogP contribution < -0.4 is 0 Å². The van der Waals surface area contributed by atoms with Gasteiger partial charge < -0.3 is 67.1 Å². The van der Waals surface area contributed by atoms with E-state index in [-0.39, 0.29) is 61.7 Å². The van der Waals surface area contributed by atoms with Crippen LogP contribution in [0.3, 0.4) is 0 Å². The number of allylic oxidation sites excluding steroid dienone is 2. The third kappa shape index (κ3) is 12.0. The van der Waals surface area contributed by atoms with Crippen LogP contribution in [0.2, 0.25) is 0 Å². The first kappa shape index (κ1) is 54.1. The number of carbonyl (C=O) groups excluding carboxylic acids is 1. The normalized spacial score (nSPS) is 44.4. The number of carbonyl (C=O) groups is 1. The molecule has 0 saturated carbocycles. The Kier molecular flexibility index (Phi) is 18.0. The molecule has 2 N–H and O–H groups in total. The highest BCUT2D eigenvalue weighted by Crippen LogP contribution is 2.47. The van der Waals surface area contributed by atoms with Crippen LogP contribution in [-0.2, 0) is 68.2 Å². The molecule has 6 aliphatic heterocycles. The van der Waals surface area contributed by atoms with E-state index in [0.717, 1.165) is 17.6 Å². The number of hydrogen-bond donors (Lipinski definition) is 2. The summed E-state index contributed by atoms with van der Waals surface area (Å²) in [7, 11) is 3.34. The van der Waals surface area contributed by atoms with Crippen LogP contribution >= 0.6 is 0 Å². The van der Waals surface area contributed by atoms with Crippen LogP contribution in [0.1, 0.15) is 99.5 Å². The zero-order valence-corrected chi connectivity index (χ0v) is 43.4. The molecule has 2 bridgehead atoms. The van der Waals surface area contributed by atoms with Crippen molar-refractivity contribution < 1.29 is 71.8 Å². The van der Waals surface area contributed by atoms with Crippen molar-refractivity contribution in [1.82, 2.24) is 0 Å². The lowest BCUT2D eigenvalue weighted by Gasteiger charge is -2.48. The van der Waals surface area contributed by atoms with Gasteiger partial charge in [-0.25, -0.2) is 0 Å². The van der Waals surface area contributed by atoms with E-state index in [0.29, 0.717) is 49.9 Å². The molecule has 15 nitrogen and oxygen atoms in total. The first-order valence-corrected chi connectivity index (χ1v) is 26.0. The topological polar surface area (TPSA) is 168 Å². The van der Waals surface area contributed by atoms with Gasteiger partial charge in [0.15, 0.2) is 18.4 Å². The molecule has 7 aliphatic rings. The van der Waals surface area contributed by atoms with E-state index in [2.05, 4.69) is 46.8 Å². The van der Waals surface area contributed by atoms with Crippen LogP contribution in [0.4, 0.5) is 0 Å². The molecule has 4 fully saturated rings. The molecule has 4 saturated heterocycles. The molecule has 0 radical (unpaired) electrons. The number of aliphatic hydroxyl groups is 2. The van der Waals surface area contributed by atoms with Gasteiger partial charge in [-0.15, -0.1) is 0 Å². The van der Waals surface area contributed by atoms with Gasteiger partial charge >= 0.3 is 5.97 Å². The van der Waals surface area contributed by atoms with Crippen molar-refractivity contribution in [3.8, 4) is 0 Å². The summed E-state index contributed by atoms with van der Waals surface area (Å²) in [5.74, 6) is -2.59. The number of esters is 1. The number of ether oxygens (including phenoxy) is 12. The lowest BCUT2D eigenvalue weighted by Crippen LogP contribution is -2.58. The smallest absolute Gasteiger partial charge is 0.316 e. The fourth-order valence-electron chi connectivity index (χ4n) is 11.6. The van der Waals surface area contributed by atoms with Gasteiger partial charge in [0, 0.05) is 51.7 Å². The van der Waals surface area contributed by atoms with Crippen molar-refractivity contribution in [3.05, 3.63) is 95.1 Å². The van der Waals surface area contributed by atoms with Gasteiger partial charge in [-0.3, -0.25) is 4.79 Å². The third-order valence-corrected chi connectivity index (χ3v) is 15.9. The van der Waals surface area contributed by atoms with E-state index in [1.807, 2.05) is 62.4 Å². The Labute approximate surface area is 420 Å². The number of fused-ring (bicyclic) bond motifs is 2. The van der Waals surface area contributed by atoms with E-state index in [1.54, 1.807) is 33.3 Å². The van der Waals surface area contributed by atoms with Gasteiger partial charge in [-0.2, -0.15) is 0 Å². The Balaban J connectivity index is 1.00. The lowest BCUT2D eigenvalue weighted by molar-refractivity contribution is -0.324. The van der Waals surface area contributed by atoms with E-state index in [9.17, 15) is 15.0 Å². The molecule has 1 spiro atoms. The zero-order valence-electron chi connectivity index (χ0n) is 43.4. The highest BCUT2D eigenvalue weighted by atomic mass is 16.7. The van der Waals surface area contributed by atoms with Gasteiger partial charge in [0.25, 0.3) is 0 Å². The monoisotopic (exact) mass is 993 g/mol. The largest absolute Gasteiger partial charge is 0.462 e. The highest BCUT2D eigenvalue weighted by molar-refractivity contribution is 5.78. The molecule has 0 aromatic heterocycles. The molecule has 15 heteroatoms. The molecule has 0 amide bonds.